The molecule has 0 saturated carbocycles. The first-order valence-electron chi connectivity index (χ1n) is 7.99. The van der Waals surface area contributed by atoms with E-state index in [0.29, 0.717) is 31.2 Å². The van der Waals surface area contributed by atoms with E-state index in [2.05, 4.69) is 25.9 Å². The second-order valence-corrected chi connectivity index (χ2v) is 5.16. The molecular weight excluding hydrogens is 318 g/mol. The van der Waals surface area contributed by atoms with Crippen molar-refractivity contribution in [1.82, 2.24) is 20.9 Å². The topological polar surface area (TPSA) is 87.6 Å². The number of guanidine groups is 1. The normalized spacial score (nSPS) is 10.9. The van der Waals surface area contributed by atoms with Crippen LogP contribution in [0.15, 0.2) is 53.7 Å². The third-order valence-electron chi connectivity index (χ3n) is 3.44. The van der Waals surface area contributed by atoms with Gasteiger partial charge >= 0.3 is 0 Å². The van der Waals surface area contributed by atoms with E-state index in [-0.39, 0.29) is 5.91 Å². The molecule has 25 heavy (non-hydrogen) atoms. The molecule has 0 fully saturated rings. The van der Waals surface area contributed by atoms with Gasteiger partial charge in [0.25, 0.3) is 5.91 Å². The van der Waals surface area contributed by atoms with E-state index in [1.54, 1.807) is 44.6 Å². The van der Waals surface area contributed by atoms with Gasteiger partial charge in [-0.3, -0.25) is 14.8 Å². The first-order valence-corrected chi connectivity index (χ1v) is 7.99. The Kier molecular flexibility index (Phi) is 7.24. The number of pyridine rings is 1. The van der Waals surface area contributed by atoms with E-state index in [9.17, 15) is 4.79 Å². The van der Waals surface area contributed by atoms with E-state index in [4.69, 9.17) is 4.74 Å². The van der Waals surface area contributed by atoms with E-state index in [1.165, 1.54) is 0 Å². The average molecular weight is 341 g/mol. The zero-order chi connectivity index (χ0) is 17.9. The van der Waals surface area contributed by atoms with E-state index >= 15 is 0 Å². The second kappa shape index (κ2) is 9.92. The third-order valence-corrected chi connectivity index (χ3v) is 3.44. The van der Waals surface area contributed by atoms with Gasteiger partial charge in [0.1, 0.15) is 5.75 Å². The molecule has 0 aliphatic heterocycles. The third kappa shape index (κ3) is 6.14. The Balaban J connectivity index is 1.69. The van der Waals surface area contributed by atoms with Gasteiger partial charge in [0.05, 0.1) is 19.3 Å². The van der Waals surface area contributed by atoms with E-state index in [0.717, 1.165) is 11.4 Å². The maximum Gasteiger partial charge on any atom is 0.251 e. The molecule has 1 amide bonds. The molecule has 0 unspecified atom stereocenters. The van der Waals surface area contributed by atoms with Crippen molar-refractivity contribution < 1.29 is 9.53 Å². The van der Waals surface area contributed by atoms with Crippen LogP contribution < -0.4 is 20.7 Å². The van der Waals surface area contributed by atoms with Gasteiger partial charge < -0.3 is 20.7 Å². The molecule has 1 aromatic heterocycles. The molecule has 2 rings (SSSR count). The van der Waals surface area contributed by atoms with Gasteiger partial charge in [-0.05, 0) is 36.4 Å². The van der Waals surface area contributed by atoms with Gasteiger partial charge in [-0.1, -0.05) is 6.07 Å². The lowest BCUT2D eigenvalue weighted by Crippen LogP contribution is -2.41. The number of rotatable bonds is 7. The van der Waals surface area contributed by atoms with Gasteiger partial charge in [-0.15, -0.1) is 0 Å². The summed E-state index contributed by atoms with van der Waals surface area (Å²) in [7, 11) is 3.29. The first kappa shape index (κ1) is 18.3. The molecule has 0 bridgehead atoms. The van der Waals surface area contributed by atoms with Crippen LogP contribution in [0, 0.1) is 0 Å². The van der Waals surface area contributed by atoms with Gasteiger partial charge in [-0.25, -0.2) is 0 Å². The van der Waals surface area contributed by atoms with Crippen molar-refractivity contribution in [2.45, 2.75) is 6.54 Å². The van der Waals surface area contributed by atoms with Crippen molar-refractivity contribution >= 4 is 11.9 Å². The molecule has 7 heteroatoms. The monoisotopic (exact) mass is 341 g/mol. The zero-order valence-corrected chi connectivity index (χ0v) is 14.5. The van der Waals surface area contributed by atoms with E-state index < -0.39 is 0 Å². The van der Waals surface area contributed by atoms with Crippen LogP contribution in [0.2, 0.25) is 0 Å². The summed E-state index contributed by atoms with van der Waals surface area (Å²) in [6, 6.07) is 12.7. The molecule has 3 N–H and O–H groups in total. The number of methoxy groups -OCH3 is 1. The summed E-state index contributed by atoms with van der Waals surface area (Å²) in [5, 5.41) is 9.16. The summed E-state index contributed by atoms with van der Waals surface area (Å²) < 4.78 is 5.07. The maximum absolute atomic E-state index is 12.0. The smallest absolute Gasteiger partial charge is 0.251 e. The minimum Gasteiger partial charge on any atom is -0.497 e. The fourth-order valence-corrected chi connectivity index (χ4v) is 2.10. The highest BCUT2D eigenvalue weighted by Crippen LogP contribution is 2.10. The number of aromatic nitrogens is 1. The molecule has 7 nitrogen and oxygen atoms in total. The van der Waals surface area contributed by atoms with Crippen LogP contribution in [0.1, 0.15) is 16.1 Å². The van der Waals surface area contributed by atoms with Crippen LogP contribution in [-0.4, -0.2) is 44.1 Å². The number of ether oxygens (including phenoxy) is 1. The lowest BCUT2D eigenvalue weighted by Gasteiger charge is -2.12. The minimum absolute atomic E-state index is 0.124. The Morgan fingerprint density at radius 2 is 1.84 bits per heavy atom. The minimum atomic E-state index is -0.124. The summed E-state index contributed by atoms with van der Waals surface area (Å²) in [5.41, 5.74) is 1.52. The number of nitrogens with one attached hydrogen (secondary N) is 3. The predicted octanol–water partition coefficient (Wildman–Crippen LogP) is 1.19. The average Bonchev–Trinajstić information content (AvgIpc) is 2.68. The Morgan fingerprint density at radius 3 is 2.48 bits per heavy atom. The number of benzene rings is 1. The Hall–Kier alpha value is -3.09. The molecule has 132 valence electrons. The van der Waals surface area contributed by atoms with Gasteiger partial charge in [0.15, 0.2) is 5.96 Å². The van der Waals surface area contributed by atoms with Crippen LogP contribution in [0.4, 0.5) is 0 Å². The number of nitrogens with zero attached hydrogens (tertiary/aromatic N) is 2. The standard InChI is InChI=1S/C18H23N5O2/c1-19-18(23-13-15-5-3-4-10-20-15)22-12-11-21-17(24)14-6-8-16(25-2)9-7-14/h3-10H,11-13H2,1-2H3,(H,21,24)(H2,19,22,23). The Labute approximate surface area is 147 Å². The van der Waals surface area contributed by atoms with Crippen molar-refractivity contribution in [3.05, 3.63) is 59.9 Å². The summed E-state index contributed by atoms with van der Waals surface area (Å²) in [4.78, 5) is 20.4. The maximum atomic E-state index is 12.0. The lowest BCUT2D eigenvalue weighted by molar-refractivity contribution is 0.0954. The first-order chi connectivity index (χ1) is 12.2. The summed E-state index contributed by atoms with van der Waals surface area (Å²) in [6.45, 7) is 1.62. The molecule has 2 aromatic rings. The van der Waals surface area contributed by atoms with Crippen LogP contribution in [-0.2, 0) is 6.54 Å². The predicted molar refractivity (Wildman–Crippen MR) is 97.8 cm³/mol. The lowest BCUT2D eigenvalue weighted by atomic mass is 10.2. The highest BCUT2D eigenvalue weighted by Gasteiger charge is 2.05. The summed E-state index contributed by atoms with van der Waals surface area (Å²) in [5.74, 6) is 1.26. The van der Waals surface area contributed by atoms with Crippen molar-refractivity contribution in [3.8, 4) is 5.75 Å². The number of aliphatic imine (C=N–C) groups is 1. The SMILES string of the molecule is CN=C(NCCNC(=O)c1ccc(OC)cc1)NCc1ccccn1. The highest BCUT2D eigenvalue weighted by atomic mass is 16.5. The number of carbonyl (C=O) groups excluding carboxylic acids is 1. The van der Waals surface area contributed by atoms with Gasteiger partial charge in [-0.2, -0.15) is 0 Å². The summed E-state index contributed by atoms with van der Waals surface area (Å²) >= 11 is 0. The van der Waals surface area contributed by atoms with Gasteiger partial charge in [0.2, 0.25) is 0 Å². The molecule has 0 spiro atoms. The summed E-state index contributed by atoms with van der Waals surface area (Å²) in [6.07, 6.45) is 1.75. The fourth-order valence-electron chi connectivity index (χ4n) is 2.10. The van der Waals surface area contributed by atoms with Gasteiger partial charge in [0, 0.05) is 31.9 Å². The molecule has 1 heterocycles. The zero-order valence-electron chi connectivity index (χ0n) is 14.5. The largest absolute Gasteiger partial charge is 0.497 e. The van der Waals surface area contributed by atoms with Crippen molar-refractivity contribution in [1.29, 1.82) is 0 Å². The van der Waals surface area contributed by atoms with Crippen molar-refractivity contribution in [3.63, 3.8) is 0 Å². The number of amides is 1. The Bertz CT molecular complexity index is 686. The van der Waals surface area contributed by atoms with E-state index in [1.807, 2.05) is 18.2 Å². The van der Waals surface area contributed by atoms with Crippen molar-refractivity contribution in [2.75, 3.05) is 27.2 Å². The number of carbonyl (C=O) groups is 1. The van der Waals surface area contributed by atoms with Crippen molar-refractivity contribution in [2.24, 2.45) is 4.99 Å². The number of hydrogen-bond donors (Lipinski definition) is 3. The highest BCUT2D eigenvalue weighted by molar-refractivity contribution is 5.94. The van der Waals surface area contributed by atoms with Crippen LogP contribution in [0.5, 0.6) is 5.75 Å². The quantitative estimate of drug-likeness (QED) is 0.400. The van der Waals surface area contributed by atoms with Crippen LogP contribution in [0.3, 0.4) is 0 Å². The Morgan fingerprint density at radius 1 is 1.08 bits per heavy atom. The second-order valence-electron chi connectivity index (χ2n) is 5.16. The molecular formula is C18H23N5O2. The fraction of sp³-hybridized carbons (Fsp3) is 0.278. The molecule has 1 aromatic carbocycles. The van der Waals surface area contributed by atoms with Crippen LogP contribution in [0.25, 0.3) is 0 Å². The molecule has 0 aliphatic carbocycles. The number of hydrogen-bond acceptors (Lipinski definition) is 4. The molecule has 0 aliphatic rings. The molecule has 0 saturated heterocycles. The molecule has 0 radical (unpaired) electrons. The molecule has 0 atom stereocenters. The van der Waals surface area contributed by atoms with Crippen LogP contribution >= 0.6 is 0 Å².